The van der Waals surface area contributed by atoms with Crippen LogP contribution in [0.1, 0.15) is 73.8 Å². The van der Waals surface area contributed by atoms with Crippen LogP contribution in [0.4, 0.5) is 5.82 Å². The molecule has 1 aromatic heterocycles. The zero-order valence-electron chi connectivity index (χ0n) is 15.9. The maximum atomic E-state index is 9.76. The molecule has 0 unspecified atom stereocenters. The number of hydrogen-bond acceptors (Lipinski definition) is 3. The van der Waals surface area contributed by atoms with Crippen LogP contribution in [0.5, 0.6) is 0 Å². The van der Waals surface area contributed by atoms with E-state index in [1.807, 2.05) is 0 Å². The van der Waals surface area contributed by atoms with Gasteiger partial charge in [0.05, 0.1) is 0 Å². The minimum absolute atomic E-state index is 0.383. The van der Waals surface area contributed by atoms with Crippen molar-refractivity contribution in [2.24, 2.45) is 0 Å². The number of aromatic nitrogens is 1. The Balaban J connectivity index is 2.10. The second kappa shape index (κ2) is 8.85. The minimum atomic E-state index is 0.383. The molecule has 0 fully saturated rings. The van der Waals surface area contributed by atoms with Crippen LogP contribution >= 0.6 is 0 Å². The first-order valence-electron chi connectivity index (χ1n) is 9.99. The van der Waals surface area contributed by atoms with E-state index in [-0.39, 0.29) is 0 Å². The Labute approximate surface area is 157 Å². The third kappa shape index (κ3) is 4.25. The number of benzene rings is 1. The van der Waals surface area contributed by atoms with E-state index in [4.69, 9.17) is 5.73 Å². The first-order valence-corrected chi connectivity index (χ1v) is 9.99. The van der Waals surface area contributed by atoms with Crippen LogP contribution in [0.15, 0.2) is 24.3 Å². The van der Waals surface area contributed by atoms with E-state index in [1.54, 1.807) is 0 Å². The highest BCUT2D eigenvalue weighted by Gasteiger charge is 2.19. The standard InChI is InChI=1S/C23H29N3/c1-17-12-14-18(15-13-17)22-19-10-8-6-4-2-3-5-7-9-11-21(19)26-23(25)20(22)16-24/h12-15H,2-11H2,1H3,(H2,25,26). The molecule has 3 rings (SSSR count). The number of rotatable bonds is 1. The van der Waals surface area contributed by atoms with Crippen LogP contribution in [0, 0.1) is 18.3 Å². The van der Waals surface area contributed by atoms with Gasteiger partial charge in [0.15, 0.2) is 0 Å². The Hall–Kier alpha value is -2.34. The van der Waals surface area contributed by atoms with Crippen molar-refractivity contribution in [2.45, 2.75) is 71.1 Å². The summed E-state index contributed by atoms with van der Waals surface area (Å²) >= 11 is 0. The molecular weight excluding hydrogens is 318 g/mol. The van der Waals surface area contributed by atoms with Crippen molar-refractivity contribution in [3.63, 3.8) is 0 Å². The van der Waals surface area contributed by atoms with Gasteiger partial charge in [-0.15, -0.1) is 0 Å². The third-order valence-electron chi connectivity index (χ3n) is 5.45. The molecule has 0 radical (unpaired) electrons. The molecule has 0 saturated heterocycles. The summed E-state index contributed by atoms with van der Waals surface area (Å²) < 4.78 is 0. The van der Waals surface area contributed by atoms with Crippen molar-refractivity contribution >= 4 is 5.82 Å². The molecular formula is C23H29N3. The quantitative estimate of drug-likeness (QED) is 0.716. The molecule has 1 heterocycles. The number of nitrogens with two attached hydrogens (primary N) is 1. The van der Waals surface area contributed by atoms with Gasteiger partial charge in [0.1, 0.15) is 17.5 Å². The summed E-state index contributed by atoms with van der Waals surface area (Å²) in [7, 11) is 0. The minimum Gasteiger partial charge on any atom is -0.383 e. The molecule has 0 atom stereocenters. The zero-order valence-corrected chi connectivity index (χ0v) is 15.9. The summed E-state index contributed by atoms with van der Waals surface area (Å²) in [5, 5.41) is 9.76. The molecule has 0 bridgehead atoms. The monoisotopic (exact) mass is 347 g/mol. The first kappa shape index (κ1) is 18.5. The zero-order chi connectivity index (χ0) is 18.4. The molecule has 2 N–H and O–H groups in total. The van der Waals surface area contributed by atoms with Crippen molar-refractivity contribution in [3.8, 4) is 17.2 Å². The molecule has 0 saturated carbocycles. The van der Waals surface area contributed by atoms with Gasteiger partial charge < -0.3 is 5.73 Å². The second-order valence-corrected chi connectivity index (χ2v) is 7.48. The van der Waals surface area contributed by atoms with Gasteiger partial charge in [-0.25, -0.2) is 4.98 Å². The molecule has 3 nitrogen and oxygen atoms in total. The van der Waals surface area contributed by atoms with E-state index in [2.05, 4.69) is 42.2 Å². The van der Waals surface area contributed by atoms with Gasteiger partial charge in [0.25, 0.3) is 0 Å². The van der Waals surface area contributed by atoms with Gasteiger partial charge in [-0.3, -0.25) is 0 Å². The molecule has 0 amide bonds. The predicted octanol–water partition coefficient (Wildman–Crippen LogP) is 5.73. The van der Waals surface area contributed by atoms with Crippen molar-refractivity contribution in [1.82, 2.24) is 4.98 Å². The lowest BCUT2D eigenvalue weighted by Gasteiger charge is -2.18. The summed E-state index contributed by atoms with van der Waals surface area (Å²) in [5.74, 6) is 0.383. The van der Waals surface area contributed by atoms with Gasteiger partial charge >= 0.3 is 0 Å². The summed E-state index contributed by atoms with van der Waals surface area (Å²) in [6.45, 7) is 2.08. The lowest BCUT2D eigenvalue weighted by atomic mass is 9.88. The maximum absolute atomic E-state index is 9.76. The smallest absolute Gasteiger partial charge is 0.142 e. The van der Waals surface area contributed by atoms with Gasteiger partial charge in [-0.05, 0) is 43.7 Å². The van der Waals surface area contributed by atoms with Crippen molar-refractivity contribution < 1.29 is 0 Å². The van der Waals surface area contributed by atoms with Crippen LogP contribution in [-0.4, -0.2) is 4.98 Å². The molecule has 2 aromatic rings. The number of nitriles is 1. The normalized spacial score (nSPS) is 16.0. The van der Waals surface area contributed by atoms with Crippen molar-refractivity contribution in [3.05, 3.63) is 46.6 Å². The fourth-order valence-corrected chi connectivity index (χ4v) is 3.97. The number of aryl methyl sites for hydroxylation is 2. The van der Waals surface area contributed by atoms with E-state index in [0.29, 0.717) is 11.4 Å². The highest BCUT2D eigenvalue weighted by Crippen LogP contribution is 2.34. The van der Waals surface area contributed by atoms with E-state index in [9.17, 15) is 5.26 Å². The van der Waals surface area contributed by atoms with Crippen molar-refractivity contribution in [2.75, 3.05) is 5.73 Å². The Kier molecular flexibility index (Phi) is 6.28. The summed E-state index contributed by atoms with van der Waals surface area (Å²) in [6.07, 6.45) is 12.1. The number of nitrogen functional groups attached to an aromatic ring is 1. The fourth-order valence-electron chi connectivity index (χ4n) is 3.97. The summed E-state index contributed by atoms with van der Waals surface area (Å²) in [6, 6.07) is 10.8. The Morgan fingerprint density at radius 1 is 0.885 bits per heavy atom. The number of nitrogens with zero attached hydrogens (tertiary/aromatic N) is 2. The van der Waals surface area contributed by atoms with Crippen LogP contribution in [0.2, 0.25) is 0 Å². The van der Waals surface area contributed by atoms with Gasteiger partial charge in [0.2, 0.25) is 0 Å². The SMILES string of the molecule is Cc1ccc(-c2c(C#N)c(N)nc3c2CCCCCCCCCC3)cc1. The predicted molar refractivity (Wildman–Crippen MR) is 108 cm³/mol. The topological polar surface area (TPSA) is 62.7 Å². The van der Waals surface area contributed by atoms with Gasteiger partial charge in [0, 0.05) is 11.3 Å². The van der Waals surface area contributed by atoms with Crippen LogP contribution in [0.3, 0.4) is 0 Å². The maximum Gasteiger partial charge on any atom is 0.142 e. The molecule has 26 heavy (non-hydrogen) atoms. The molecule has 3 heteroatoms. The molecule has 1 aromatic carbocycles. The fraction of sp³-hybridized carbons (Fsp3) is 0.478. The highest BCUT2D eigenvalue weighted by molar-refractivity contribution is 5.79. The van der Waals surface area contributed by atoms with Gasteiger partial charge in [-0.1, -0.05) is 68.4 Å². The summed E-state index contributed by atoms with van der Waals surface area (Å²) in [5.41, 5.74) is 12.4. The Morgan fingerprint density at radius 3 is 2.08 bits per heavy atom. The molecule has 0 spiro atoms. The number of anilines is 1. The van der Waals surface area contributed by atoms with E-state index in [0.717, 1.165) is 42.5 Å². The molecule has 0 aliphatic heterocycles. The van der Waals surface area contributed by atoms with E-state index in [1.165, 1.54) is 49.7 Å². The number of pyridine rings is 1. The Morgan fingerprint density at radius 2 is 1.46 bits per heavy atom. The van der Waals surface area contributed by atoms with Crippen LogP contribution in [-0.2, 0) is 12.8 Å². The van der Waals surface area contributed by atoms with Crippen molar-refractivity contribution in [1.29, 1.82) is 5.26 Å². The largest absolute Gasteiger partial charge is 0.383 e. The lowest BCUT2D eigenvalue weighted by Crippen LogP contribution is -2.09. The average Bonchev–Trinajstić information content (AvgIpc) is 2.63. The van der Waals surface area contributed by atoms with Crippen LogP contribution in [0.25, 0.3) is 11.1 Å². The highest BCUT2D eigenvalue weighted by atomic mass is 14.9. The molecule has 1 aliphatic carbocycles. The third-order valence-corrected chi connectivity index (χ3v) is 5.45. The molecule has 136 valence electrons. The average molecular weight is 348 g/mol. The van der Waals surface area contributed by atoms with Crippen LogP contribution < -0.4 is 5.73 Å². The number of hydrogen-bond donors (Lipinski definition) is 1. The Bertz CT molecular complexity index is 785. The number of fused-ring (bicyclic) bond motifs is 1. The first-order chi connectivity index (χ1) is 12.7. The molecule has 1 aliphatic rings. The lowest BCUT2D eigenvalue weighted by molar-refractivity contribution is 0.557. The van der Waals surface area contributed by atoms with E-state index < -0.39 is 0 Å². The second-order valence-electron chi connectivity index (χ2n) is 7.48. The summed E-state index contributed by atoms with van der Waals surface area (Å²) in [4.78, 5) is 4.67. The van der Waals surface area contributed by atoms with E-state index >= 15 is 0 Å². The van der Waals surface area contributed by atoms with Gasteiger partial charge in [-0.2, -0.15) is 5.26 Å².